The predicted molar refractivity (Wildman–Crippen MR) is 103 cm³/mol. The van der Waals surface area contributed by atoms with Gasteiger partial charge in [-0.25, -0.2) is 0 Å². The van der Waals surface area contributed by atoms with Gasteiger partial charge in [0, 0.05) is 36.3 Å². The first-order chi connectivity index (χ1) is 10.7. The standard InChI is InChI=1S/C17H25ClN2O2.2ClH/c1-21-15-9-14(18)8-13(16(15)22-2)10-20-7-5-17(12-20)4-3-6-19-11-17;;/h8-9,19H,3-7,10-12H2,1-2H3;2*1H. The number of hydrogen-bond donors (Lipinski definition) is 1. The van der Waals surface area contributed by atoms with Crippen LogP contribution in [0, 0.1) is 5.41 Å². The van der Waals surface area contributed by atoms with E-state index in [1.165, 1.54) is 25.8 Å². The Morgan fingerprint density at radius 2 is 2.00 bits per heavy atom. The number of methoxy groups -OCH3 is 2. The number of benzene rings is 1. The number of likely N-dealkylation sites (tertiary alicyclic amines) is 1. The van der Waals surface area contributed by atoms with Crippen LogP contribution in [0.15, 0.2) is 12.1 Å². The molecule has 4 nitrogen and oxygen atoms in total. The molecule has 7 heteroatoms. The lowest BCUT2D eigenvalue weighted by Crippen LogP contribution is -2.41. The maximum absolute atomic E-state index is 6.22. The Kier molecular flexibility index (Phi) is 8.43. The number of ether oxygens (including phenoxy) is 2. The van der Waals surface area contributed by atoms with Crippen molar-refractivity contribution in [1.82, 2.24) is 10.2 Å². The zero-order valence-electron chi connectivity index (χ0n) is 14.3. The number of rotatable bonds is 4. The summed E-state index contributed by atoms with van der Waals surface area (Å²) in [6, 6.07) is 3.80. The van der Waals surface area contributed by atoms with Gasteiger partial charge in [-0.15, -0.1) is 24.8 Å². The smallest absolute Gasteiger partial charge is 0.165 e. The van der Waals surface area contributed by atoms with Crippen LogP contribution in [-0.4, -0.2) is 45.3 Å². The molecular formula is C17H27Cl3N2O2. The van der Waals surface area contributed by atoms with Crippen molar-refractivity contribution < 1.29 is 9.47 Å². The van der Waals surface area contributed by atoms with Crippen molar-refractivity contribution in [3.63, 3.8) is 0 Å². The first kappa shape index (κ1) is 21.7. The fourth-order valence-corrected chi connectivity index (χ4v) is 4.14. The van der Waals surface area contributed by atoms with Crippen LogP contribution in [0.3, 0.4) is 0 Å². The minimum absolute atomic E-state index is 0. The van der Waals surface area contributed by atoms with E-state index in [0.29, 0.717) is 16.2 Å². The minimum Gasteiger partial charge on any atom is -0.493 e. The fourth-order valence-electron chi connectivity index (χ4n) is 3.91. The van der Waals surface area contributed by atoms with Crippen LogP contribution < -0.4 is 14.8 Å². The van der Waals surface area contributed by atoms with Crippen LogP contribution in [0.2, 0.25) is 5.02 Å². The molecule has 0 amide bonds. The Bertz CT molecular complexity index is 537. The summed E-state index contributed by atoms with van der Waals surface area (Å²) < 4.78 is 10.9. The molecule has 2 aliphatic heterocycles. The van der Waals surface area contributed by atoms with Crippen LogP contribution in [0.1, 0.15) is 24.8 Å². The summed E-state index contributed by atoms with van der Waals surface area (Å²) in [5, 5.41) is 4.25. The highest BCUT2D eigenvalue weighted by molar-refractivity contribution is 6.30. The summed E-state index contributed by atoms with van der Waals surface area (Å²) in [7, 11) is 3.34. The van der Waals surface area contributed by atoms with Crippen molar-refractivity contribution in [3.8, 4) is 11.5 Å². The highest BCUT2D eigenvalue weighted by atomic mass is 35.5. The highest BCUT2D eigenvalue weighted by Crippen LogP contribution is 2.39. The molecule has 138 valence electrons. The van der Waals surface area contributed by atoms with Crippen LogP contribution in [0.5, 0.6) is 11.5 Å². The second-order valence-corrected chi connectivity index (χ2v) is 6.98. The van der Waals surface area contributed by atoms with Crippen molar-refractivity contribution in [2.75, 3.05) is 40.4 Å². The van der Waals surface area contributed by atoms with E-state index in [0.717, 1.165) is 37.5 Å². The first-order valence-corrected chi connectivity index (χ1v) is 8.37. The predicted octanol–water partition coefficient (Wildman–Crippen LogP) is 3.78. The maximum atomic E-state index is 6.22. The Hall–Kier alpha value is -0.390. The Labute approximate surface area is 162 Å². The zero-order valence-corrected chi connectivity index (χ0v) is 16.7. The molecule has 0 radical (unpaired) electrons. The van der Waals surface area contributed by atoms with E-state index >= 15 is 0 Å². The SMILES string of the molecule is COc1cc(Cl)cc(CN2CCC3(CCCNC3)C2)c1OC.Cl.Cl. The normalized spacial score (nSPS) is 23.5. The summed E-state index contributed by atoms with van der Waals surface area (Å²) in [6.45, 7) is 5.47. The van der Waals surface area contributed by atoms with E-state index in [9.17, 15) is 0 Å². The van der Waals surface area contributed by atoms with Gasteiger partial charge in [0.2, 0.25) is 0 Å². The number of piperidine rings is 1. The van der Waals surface area contributed by atoms with Crippen molar-refractivity contribution in [2.45, 2.75) is 25.8 Å². The largest absolute Gasteiger partial charge is 0.493 e. The molecule has 1 aromatic rings. The summed E-state index contributed by atoms with van der Waals surface area (Å²) in [6.07, 6.45) is 3.91. The number of nitrogens with one attached hydrogen (secondary N) is 1. The van der Waals surface area contributed by atoms with E-state index in [2.05, 4.69) is 10.2 Å². The molecular weight excluding hydrogens is 371 g/mol. The molecule has 0 aliphatic carbocycles. The maximum Gasteiger partial charge on any atom is 0.165 e. The van der Waals surface area contributed by atoms with Gasteiger partial charge >= 0.3 is 0 Å². The quantitative estimate of drug-likeness (QED) is 0.838. The highest BCUT2D eigenvalue weighted by Gasteiger charge is 2.39. The molecule has 2 saturated heterocycles. The molecule has 2 fully saturated rings. The van der Waals surface area contributed by atoms with Gasteiger partial charge in [0.25, 0.3) is 0 Å². The van der Waals surface area contributed by atoms with E-state index in [4.69, 9.17) is 21.1 Å². The van der Waals surface area contributed by atoms with Crippen LogP contribution in [-0.2, 0) is 6.54 Å². The molecule has 1 aromatic carbocycles. The van der Waals surface area contributed by atoms with Gasteiger partial charge in [-0.1, -0.05) is 11.6 Å². The summed E-state index contributed by atoms with van der Waals surface area (Å²) >= 11 is 6.22. The van der Waals surface area contributed by atoms with Gasteiger partial charge < -0.3 is 14.8 Å². The number of hydrogen-bond acceptors (Lipinski definition) is 4. The average molecular weight is 398 g/mol. The van der Waals surface area contributed by atoms with Crippen LogP contribution in [0.4, 0.5) is 0 Å². The first-order valence-electron chi connectivity index (χ1n) is 7.99. The number of nitrogens with zero attached hydrogens (tertiary/aromatic N) is 1. The lowest BCUT2D eigenvalue weighted by atomic mass is 9.80. The molecule has 1 spiro atoms. The third-order valence-electron chi connectivity index (χ3n) is 4.99. The summed E-state index contributed by atoms with van der Waals surface area (Å²) in [5.74, 6) is 1.51. The molecule has 3 rings (SSSR count). The van der Waals surface area contributed by atoms with Crippen molar-refractivity contribution in [3.05, 3.63) is 22.7 Å². The second-order valence-electron chi connectivity index (χ2n) is 6.54. The van der Waals surface area contributed by atoms with Crippen LogP contribution in [0.25, 0.3) is 0 Å². The summed E-state index contributed by atoms with van der Waals surface area (Å²) in [4.78, 5) is 2.51. The van der Waals surface area contributed by atoms with Gasteiger partial charge in [0.05, 0.1) is 14.2 Å². The van der Waals surface area contributed by atoms with Gasteiger partial charge in [-0.05, 0) is 43.8 Å². The monoisotopic (exact) mass is 396 g/mol. The zero-order chi connectivity index (χ0) is 15.6. The topological polar surface area (TPSA) is 33.7 Å². The molecule has 1 unspecified atom stereocenters. The second kappa shape index (κ2) is 9.35. The molecule has 0 aromatic heterocycles. The molecule has 2 heterocycles. The van der Waals surface area contributed by atoms with Crippen molar-refractivity contribution in [1.29, 1.82) is 0 Å². The average Bonchev–Trinajstić information content (AvgIpc) is 2.89. The Balaban J connectivity index is 0.00000144. The lowest BCUT2D eigenvalue weighted by Gasteiger charge is -2.34. The van der Waals surface area contributed by atoms with Gasteiger partial charge in [0.1, 0.15) is 0 Å². The Morgan fingerprint density at radius 1 is 1.21 bits per heavy atom. The fraction of sp³-hybridized carbons (Fsp3) is 0.647. The molecule has 0 saturated carbocycles. The number of halogens is 3. The minimum atomic E-state index is 0. The van der Waals surface area contributed by atoms with Crippen LogP contribution >= 0.6 is 36.4 Å². The molecule has 0 bridgehead atoms. The van der Waals surface area contributed by atoms with E-state index < -0.39 is 0 Å². The molecule has 24 heavy (non-hydrogen) atoms. The van der Waals surface area contributed by atoms with Crippen molar-refractivity contribution in [2.24, 2.45) is 5.41 Å². The van der Waals surface area contributed by atoms with Gasteiger partial charge in [-0.2, -0.15) is 0 Å². The van der Waals surface area contributed by atoms with E-state index in [1.807, 2.05) is 6.07 Å². The molecule has 2 aliphatic rings. The van der Waals surface area contributed by atoms with Crippen molar-refractivity contribution >= 4 is 36.4 Å². The summed E-state index contributed by atoms with van der Waals surface area (Å²) in [5.41, 5.74) is 1.57. The Morgan fingerprint density at radius 3 is 2.62 bits per heavy atom. The molecule has 1 atom stereocenters. The lowest BCUT2D eigenvalue weighted by molar-refractivity contribution is 0.198. The van der Waals surface area contributed by atoms with E-state index in [1.54, 1.807) is 20.3 Å². The third-order valence-corrected chi connectivity index (χ3v) is 5.21. The molecule has 1 N–H and O–H groups in total. The van der Waals surface area contributed by atoms with Gasteiger partial charge in [-0.3, -0.25) is 4.90 Å². The third kappa shape index (κ3) is 4.61. The van der Waals surface area contributed by atoms with Gasteiger partial charge in [0.15, 0.2) is 11.5 Å². The van der Waals surface area contributed by atoms with E-state index in [-0.39, 0.29) is 24.8 Å².